The first-order valence-corrected chi connectivity index (χ1v) is 6.15. The summed E-state index contributed by atoms with van der Waals surface area (Å²) in [6.07, 6.45) is 0. The number of nitrogens with one attached hydrogen (secondary N) is 1. The molecule has 0 unspecified atom stereocenters. The topological polar surface area (TPSA) is 55.1 Å². The van der Waals surface area contributed by atoms with Gasteiger partial charge in [-0.2, -0.15) is 0 Å². The van der Waals surface area contributed by atoms with Crippen LogP contribution in [0.1, 0.15) is 10.4 Å². The number of carbonyl (C=O) groups is 1. The van der Waals surface area contributed by atoms with Crippen LogP contribution in [0.2, 0.25) is 10.0 Å². The molecule has 0 aliphatic carbocycles. The molecule has 0 heterocycles. The van der Waals surface area contributed by atoms with Gasteiger partial charge in [-0.1, -0.05) is 23.2 Å². The quantitative estimate of drug-likeness (QED) is 0.819. The van der Waals surface area contributed by atoms with E-state index in [0.29, 0.717) is 6.07 Å². The van der Waals surface area contributed by atoms with Crippen molar-refractivity contribution in [1.82, 2.24) is 0 Å². The number of benzene rings is 2. The van der Waals surface area contributed by atoms with E-state index in [4.69, 9.17) is 28.9 Å². The van der Waals surface area contributed by atoms with Gasteiger partial charge in [0.2, 0.25) is 0 Å². The summed E-state index contributed by atoms with van der Waals surface area (Å²) in [7, 11) is 0. The number of nitrogen functional groups attached to an aromatic ring is 1. The van der Waals surface area contributed by atoms with E-state index >= 15 is 0 Å². The molecule has 0 saturated heterocycles. The Morgan fingerprint density at radius 1 is 1.15 bits per heavy atom. The number of anilines is 2. The third kappa shape index (κ3) is 2.84. The van der Waals surface area contributed by atoms with E-state index in [9.17, 15) is 13.6 Å². The maximum absolute atomic E-state index is 13.5. The molecular formula is C13H8Cl2F2N2O. The largest absolute Gasteiger partial charge is 0.398 e. The first kappa shape index (κ1) is 14.6. The summed E-state index contributed by atoms with van der Waals surface area (Å²) in [5.74, 6) is -2.40. The highest BCUT2D eigenvalue weighted by molar-refractivity contribution is 6.41. The molecule has 0 fully saturated rings. The fourth-order valence-corrected chi connectivity index (χ4v) is 2.09. The zero-order chi connectivity index (χ0) is 14.9. The SMILES string of the molecule is Nc1ccc(Cl)c(C(=O)Nc2ccc(F)cc2F)c1Cl. The van der Waals surface area contributed by atoms with E-state index < -0.39 is 17.5 Å². The van der Waals surface area contributed by atoms with Crippen molar-refractivity contribution < 1.29 is 13.6 Å². The van der Waals surface area contributed by atoms with E-state index in [1.807, 2.05) is 0 Å². The van der Waals surface area contributed by atoms with Gasteiger partial charge in [0.05, 0.1) is 27.0 Å². The Kier molecular flexibility index (Phi) is 4.11. The molecule has 0 radical (unpaired) electrons. The van der Waals surface area contributed by atoms with Crippen LogP contribution in [0.25, 0.3) is 0 Å². The summed E-state index contributed by atoms with van der Waals surface area (Å²) >= 11 is 11.8. The predicted octanol–water partition coefficient (Wildman–Crippen LogP) is 4.11. The number of halogens is 4. The molecule has 104 valence electrons. The second-order valence-electron chi connectivity index (χ2n) is 3.90. The fourth-order valence-electron chi connectivity index (χ4n) is 1.55. The summed E-state index contributed by atoms with van der Waals surface area (Å²) < 4.78 is 26.2. The minimum absolute atomic E-state index is 0.0301. The normalized spacial score (nSPS) is 10.4. The summed E-state index contributed by atoms with van der Waals surface area (Å²) in [4.78, 5) is 12.0. The highest BCUT2D eigenvalue weighted by Gasteiger charge is 2.18. The maximum Gasteiger partial charge on any atom is 0.258 e. The van der Waals surface area contributed by atoms with Crippen molar-refractivity contribution in [2.75, 3.05) is 11.1 Å². The lowest BCUT2D eigenvalue weighted by Gasteiger charge is -2.10. The minimum Gasteiger partial charge on any atom is -0.398 e. The number of amides is 1. The van der Waals surface area contributed by atoms with Crippen LogP contribution in [0.3, 0.4) is 0 Å². The van der Waals surface area contributed by atoms with Crippen molar-refractivity contribution >= 4 is 40.5 Å². The Hall–Kier alpha value is -1.85. The zero-order valence-electron chi connectivity index (χ0n) is 9.88. The average Bonchev–Trinajstić information content (AvgIpc) is 2.38. The van der Waals surface area contributed by atoms with Crippen molar-refractivity contribution in [3.05, 3.63) is 57.6 Å². The number of nitrogens with two attached hydrogens (primary N) is 1. The zero-order valence-corrected chi connectivity index (χ0v) is 11.4. The van der Waals surface area contributed by atoms with Gasteiger partial charge in [-0.25, -0.2) is 8.78 Å². The molecule has 0 spiro atoms. The number of hydrogen-bond acceptors (Lipinski definition) is 2. The molecule has 0 aromatic heterocycles. The molecule has 3 nitrogen and oxygen atoms in total. The highest BCUT2D eigenvalue weighted by Crippen LogP contribution is 2.30. The summed E-state index contributed by atoms with van der Waals surface area (Å²) in [5, 5.41) is 2.30. The Balaban J connectivity index is 2.36. The lowest BCUT2D eigenvalue weighted by molar-refractivity contribution is 0.102. The van der Waals surface area contributed by atoms with Gasteiger partial charge in [0, 0.05) is 6.07 Å². The molecule has 2 aromatic carbocycles. The van der Waals surface area contributed by atoms with Gasteiger partial charge in [0.15, 0.2) is 0 Å². The van der Waals surface area contributed by atoms with Crippen LogP contribution in [0, 0.1) is 11.6 Å². The Bertz CT molecular complexity index is 692. The molecule has 2 rings (SSSR count). The second-order valence-corrected chi connectivity index (χ2v) is 4.69. The van der Waals surface area contributed by atoms with Crippen LogP contribution >= 0.6 is 23.2 Å². The molecule has 7 heteroatoms. The van der Waals surface area contributed by atoms with Gasteiger partial charge >= 0.3 is 0 Å². The predicted molar refractivity (Wildman–Crippen MR) is 75.2 cm³/mol. The van der Waals surface area contributed by atoms with Crippen molar-refractivity contribution in [1.29, 1.82) is 0 Å². The van der Waals surface area contributed by atoms with Gasteiger partial charge in [0.1, 0.15) is 11.6 Å². The fraction of sp³-hybridized carbons (Fsp3) is 0. The van der Waals surface area contributed by atoms with Crippen molar-refractivity contribution in [2.45, 2.75) is 0 Å². The van der Waals surface area contributed by atoms with E-state index in [0.717, 1.165) is 12.1 Å². The first-order valence-electron chi connectivity index (χ1n) is 5.40. The van der Waals surface area contributed by atoms with Gasteiger partial charge in [-0.15, -0.1) is 0 Å². The molecule has 20 heavy (non-hydrogen) atoms. The molecule has 0 bridgehead atoms. The van der Waals surface area contributed by atoms with Crippen molar-refractivity contribution in [3.8, 4) is 0 Å². The van der Waals surface area contributed by atoms with E-state index in [2.05, 4.69) is 5.32 Å². The van der Waals surface area contributed by atoms with Crippen molar-refractivity contribution in [3.63, 3.8) is 0 Å². The van der Waals surface area contributed by atoms with E-state index in [-0.39, 0.29) is 27.0 Å². The summed E-state index contributed by atoms with van der Waals surface area (Å²) in [5.41, 5.74) is 5.48. The molecule has 0 saturated carbocycles. The lowest BCUT2D eigenvalue weighted by atomic mass is 10.1. The van der Waals surface area contributed by atoms with E-state index in [1.165, 1.54) is 12.1 Å². The maximum atomic E-state index is 13.5. The molecule has 2 aromatic rings. The third-order valence-electron chi connectivity index (χ3n) is 2.53. The van der Waals surface area contributed by atoms with Crippen LogP contribution in [0.5, 0.6) is 0 Å². The standard InChI is InChI=1S/C13H8Cl2F2N2O/c14-7-2-3-9(18)12(15)11(7)13(20)19-10-4-1-6(16)5-8(10)17/h1-5H,18H2,(H,19,20). The van der Waals surface area contributed by atoms with Gasteiger partial charge in [-0.3, -0.25) is 4.79 Å². The smallest absolute Gasteiger partial charge is 0.258 e. The second kappa shape index (κ2) is 5.64. The van der Waals surface area contributed by atoms with E-state index in [1.54, 1.807) is 0 Å². The monoisotopic (exact) mass is 316 g/mol. The molecular weight excluding hydrogens is 309 g/mol. The molecule has 0 aliphatic rings. The van der Waals surface area contributed by atoms with Crippen LogP contribution in [-0.2, 0) is 0 Å². The Morgan fingerprint density at radius 3 is 2.50 bits per heavy atom. The number of rotatable bonds is 2. The minimum atomic E-state index is -0.908. The average molecular weight is 317 g/mol. The Morgan fingerprint density at radius 2 is 1.85 bits per heavy atom. The molecule has 0 aliphatic heterocycles. The number of hydrogen-bond donors (Lipinski definition) is 2. The van der Waals surface area contributed by atoms with Crippen LogP contribution in [-0.4, -0.2) is 5.91 Å². The van der Waals surface area contributed by atoms with Crippen LogP contribution in [0.4, 0.5) is 20.2 Å². The molecule has 1 amide bonds. The highest BCUT2D eigenvalue weighted by atomic mass is 35.5. The third-order valence-corrected chi connectivity index (χ3v) is 3.25. The van der Waals surface area contributed by atoms with Crippen LogP contribution < -0.4 is 11.1 Å². The van der Waals surface area contributed by atoms with Gasteiger partial charge in [-0.05, 0) is 24.3 Å². The van der Waals surface area contributed by atoms with Gasteiger partial charge in [0.25, 0.3) is 5.91 Å². The summed E-state index contributed by atoms with van der Waals surface area (Å²) in [6, 6.07) is 5.61. The first-order chi connectivity index (χ1) is 9.40. The molecule has 3 N–H and O–H groups in total. The molecule has 0 atom stereocenters. The van der Waals surface area contributed by atoms with Gasteiger partial charge < -0.3 is 11.1 Å². The Labute approximate surface area is 123 Å². The number of carbonyl (C=O) groups excluding carboxylic acids is 1. The van der Waals surface area contributed by atoms with Crippen LogP contribution in [0.15, 0.2) is 30.3 Å². The summed E-state index contributed by atoms with van der Waals surface area (Å²) in [6.45, 7) is 0. The lowest BCUT2D eigenvalue weighted by Crippen LogP contribution is -2.15. The van der Waals surface area contributed by atoms with Crippen molar-refractivity contribution in [2.24, 2.45) is 0 Å².